The second kappa shape index (κ2) is 10.3. The van der Waals surface area contributed by atoms with Gasteiger partial charge >= 0.3 is 0 Å². The first kappa shape index (κ1) is 23.2. The van der Waals surface area contributed by atoms with Gasteiger partial charge in [-0.1, -0.05) is 36.2 Å². The number of carbonyl (C=O) groups excluding carboxylic acids is 2. The Hall–Kier alpha value is -2.93. The third kappa shape index (κ3) is 5.36. The summed E-state index contributed by atoms with van der Waals surface area (Å²) in [5, 5.41) is 5.15. The molecule has 1 aromatic heterocycles. The predicted octanol–water partition coefficient (Wildman–Crippen LogP) is 4.59. The number of benzene rings is 1. The summed E-state index contributed by atoms with van der Waals surface area (Å²) in [6.07, 6.45) is 6.93. The van der Waals surface area contributed by atoms with Crippen LogP contribution >= 0.6 is 11.6 Å². The lowest BCUT2D eigenvalue weighted by Crippen LogP contribution is -2.30. The van der Waals surface area contributed by atoms with Crippen molar-refractivity contribution >= 4 is 34.8 Å². The van der Waals surface area contributed by atoms with E-state index in [4.69, 9.17) is 16.3 Å². The standard InChI is InChI=1S/C25H29ClN4O3/c1-17-22(18(2)33-12-11-27-17)16-29-15-21(14-28-29)30-24(31)13-20(25(30)32)9-4-3-7-19-8-5-6-10-23(19)26/h5-6,8,10,14-15,20H,3-4,7,9,11-13,16H2,1-2H3. The number of aryl methyl sites for hydroxylation is 1. The second-order valence-corrected chi connectivity index (χ2v) is 8.96. The maximum absolute atomic E-state index is 13.0. The van der Waals surface area contributed by atoms with Crippen LogP contribution in [0.4, 0.5) is 5.69 Å². The number of aliphatic imine (C=N–C) groups is 1. The molecule has 0 radical (unpaired) electrons. The van der Waals surface area contributed by atoms with Crippen molar-refractivity contribution in [2.24, 2.45) is 10.9 Å². The number of nitrogens with zero attached hydrogens (tertiary/aromatic N) is 4. The summed E-state index contributed by atoms with van der Waals surface area (Å²) >= 11 is 6.22. The van der Waals surface area contributed by atoms with E-state index in [0.717, 1.165) is 46.9 Å². The molecule has 4 rings (SSSR count). The normalized spacial score (nSPS) is 19.1. The maximum atomic E-state index is 13.0. The third-order valence-corrected chi connectivity index (χ3v) is 6.63. The highest BCUT2D eigenvalue weighted by molar-refractivity contribution is 6.31. The molecule has 174 valence electrons. The summed E-state index contributed by atoms with van der Waals surface area (Å²) in [5.74, 6) is 0.252. The minimum Gasteiger partial charge on any atom is -0.496 e. The van der Waals surface area contributed by atoms with Crippen molar-refractivity contribution in [3.05, 3.63) is 58.6 Å². The van der Waals surface area contributed by atoms with Gasteiger partial charge < -0.3 is 4.74 Å². The Morgan fingerprint density at radius 3 is 2.82 bits per heavy atom. The first-order chi connectivity index (χ1) is 15.9. The molecule has 7 nitrogen and oxygen atoms in total. The number of ether oxygens (including phenoxy) is 1. The van der Waals surface area contributed by atoms with Crippen molar-refractivity contribution in [3.8, 4) is 0 Å². The van der Waals surface area contributed by atoms with E-state index in [-0.39, 0.29) is 24.2 Å². The van der Waals surface area contributed by atoms with Gasteiger partial charge in [-0.05, 0) is 44.7 Å². The summed E-state index contributed by atoms with van der Waals surface area (Å²) in [6.45, 7) is 5.56. The molecule has 1 fully saturated rings. The number of allylic oxidation sites excluding steroid dienone is 2. The Labute approximate surface area is 199 Å². The molecule has 3 heterocycles. The van der Waals surface area contributed by atoms with Crippen LogP contribution in [0.5, 0.6) is 0 Å². The summed E-state index contributed by atoms with van der Waals surface area (Å²) in [4.78, 5) is 31.4. The SMILES string of the molecule is CC1=NCCOC(C)=C1Cn1cc(N2C(=O)CC(CCCCc3ccccc3Cl)C2=O)cn1. The van der Waals surface area contributed by atoms with E-state index in [2.05, 4.69) is 10.1 Å². The smallest absolute Gasteiger partial charge is 0.237 e. The van der Waals surface area contributed by atoms with Gasteiger partial charge in [0.15, 0.2) is 0 Å². The van der Waals surface area contributed by atoms with Crippen LogP contribution in [0.2, 0.25) is 5.02 Å². The van der Waals surface area contributed by atoms with Crippen LogP contribution in [-0.2, 0) is 27.3 Å². The summed E-state index contributed by atoms with van der Waals surface area (Å²) < 4.78 is 7.41. The number of hydrogen-bond acceptors (Lipinski definition) is 5. The molecule has 1 saturated heterocycles. The van der Waals surface area contributed by atoms with Crippen LogP contribution in [0.15, 0.2) is 53.0 Å². The number of imide groups is 1. The molecule has 0 spiro atoms. The lowest BCUT2D eigenvalue weighted by atomic mass is 9.98. The average Bonchev–Trinajstić information content (AvgIpc) is 3.31. The molecule has 2 aromatic rings. The monoisotopic (exact) mass is 468 g/mol. The molecule has 0 saturated carbocycles. The molecule has 0 aliphatic carbocycles. The molecular weight excluding hydrogens is 440 g/mol. The highest BCUT2D eigenvalue weighted by Gasteiger charge is 2.39. The number of amides is 2. The van der Waals surface area contributed by atoms with E-state index in [1.54, 1.807) is 17.1 Å². The van der Waals surface area contributed by atoms with E-state index in [9.17, 15) is 9.59 Å². The third-order valence-electron chi connectivity index (χ3n) is 6.27. The van der Waals surface area contributed by atoms with Gasteiger partial charge in [0, 0.05) is 34.8 Å². The number of aromatic nitrogens is 2. The molecule has 2 amide bonds. The number of unbranched alkanes of at least 4 members (excludes halogenated alkanes) is 1. The van der Waals surface area contributed by atoms with Gasteiger partial charge in [0.25, 0.3) is 0 Å². The van der Waals surface area contributed by atoms with Crippen LogP contribution in [0.25, 0.3) is 0 Å². The Morgan fingerprint density at radius 2 is 2.00 bits per heavy atom. The Morgan fingerprint density at radius 1 is 1.18 bits per heavy atom. The molecule has 0 N–H and O–H groups in total. The molecular formula is C25H29ClN4O3. The largest absolute Gasteiger partial charge is 0.496 e. The molecule has 1 aromatic carbocycles. The van der Waals surface area contributed by atoms with Crippen molar-refractivity contribution in [3.63, 3.8) is 0 Å². The predicted molar refractivity (Wildman–Crippen MR) is 128 cm³/mol. The van der Waals surface area contributed by atoms with E-state index in [1.165, 1.54) is 4.90 Å². The topological polar surface area (TPSA) is 76.8 Å². The lowest BCUT2D eigenvalue weighted by molar-refractivity contribution is -0.122. The van der Waals surface area contributed by atoms with E-state index < -0.39 is 0 Å². The second-order valence-electron chi connectivity index (χ2n) is 8.55. The van der Waals surface area contributed by atoms with Crippen LogP contribution in [0, 0.1) is 5.92 Å². The minimum absolute atomic E-state index is 0.136. The number of rotatable bonds is 8. The van der Waals surface area contributed by atoms with Gasteiger partial charge in [-0.3, -0.25) is 19.3 Å². The first-order valence-corrected chi connectivity index (χ1v) is 11.8. The molecule has 0 bridgehead atoms. The van der Waals surface area contributed by atoms with Crippen molar-refractivity contribution < 1.29 is 14.3 Å². The number of anilines is 1. The van der Waals surface area contributed by atoms with E-state index in [0.29, 0.717) is 31.8 Å². The van der Waals surface area contributed by atoms with Crippen LogP contribution in [0.3, 0.4) is 0 Å². The zero-order valence-electron chi connectivity index (χ0n) is 19.1. The van der Waals surface area contributed by atoms with Gasteiger partial charge in [0.05, 0.1) is 30.7 Å². The van der Waals surface area contributed by atoms with Crippen molar-refractivity contribution in [2.75, 3.05) is 18.1 Å². The summed E-state index contributed by atoms with van der Waals surface area (Å²) in [7, 11) is 0. The fraction of sp³-hybridized carbons (Fsp3) is 0.440. The van der Waals surface area contributed by atoms with Gasteiger partial charge in [-0.15, -0.1) is 0 Å². The summed E-state index contributed by atoms with van der Waals surface area (Å²) in [6, 6.07) is 7.82. The zero-order valence-corrected chi connectivity index (χ0v) is 19.8. The number of hydrogen-bond donors (Lipinski definition) is 0. The van der Waals surface area contributed by atoms with Crippen molar-refractivity contribution in [2.45, 2.75) is 52.5 Å². The molecule has 1 atom stereocenters. The van der Waals surface area contributed by atoms with Crippen molar-refractivity contribution in [1.29, 1.82) is 0 Å². The Balaban J connectivity index is 1.35. The Bertz CT molecular complexity index is 1100. The highest BCUT2D eigenvalue weighted by atomic mass is 35.5. The van der Waals surface area contributed by atoms with Gasteiger partial charge in [0.2, 0.25) is 11.8 Å². The fourth-order valence-corrected chi connectivity index (χ4v) is 4.62. The molecule has 8 heteroatoms. The van der Waals surface area contributed by atoms with Crippen LogP contribution in [0.1, 0.15) is 45.1 Å². The quantitative estimate of drug-likeness (QED) is 0.419. The Kier molecular flexibility index (Phi) is 7.28. The lowest BCUT2D eigenvalue weighted by Gasteiger charge is -2.13. The van der Waals surface area contributed by atoms with Gasteiger partial charge in [0.1, 0.15) is 6.61 Å². The summed E-state index contributed by atoms with van der Waals surface area (Å²) in [5.41, 5.74) is 3.53. The van der Waals surface area contributed by atoms with Crippen LogP contribution in [-0.4, -0.2) is 40.5 Å². The number of halogens is 1. The van der Waals surface area contributed by atoms with E-state index in [1.807, 2.05) is 38.1 Å². The van der Waals surface area contributed by atoms with Gasteiger partial charge in [-0.2, -0.15) is 5.10 Å². The minimum atomic E-state index is -0.276. The number of carbonyl (C=O) groups is 2. The highest BCUT2D eigenvalue weighted by Crippen LogP contribution is 2.30. The van der Waals surface area contributed by atoms with E-state index >= 15 is 0 Å². The fourth-order valence-electron chi connectivity index (χ4n) is 4.39. The molecule has 1 unspecified atom stereocenters. The van der Waals surface area contributed by atoms with Crippen molar-refractivity contribution in [1.82, 2.24) is 9.78 Å². The average molecular weight is 469 g/mol. The maximum Gasteiger partial charge on any atom is 0.237 e. The molecule has 2 aliphatic rings. The van der Waals surface area contributed by atoms with Crippen LogP contribution < -0.4 is 4.90 Å². The first-order valence-electron chi connectivity index (χ1n) is 11.4. The van der Waals surface area contributed by atoms with Gasteiger partial charge in [-0.25, -0.2) is 4.90 Å². The zero-order chi connectivity index (χ0) is 23.4. The molecule has 33 heavy (non-hydrogen) atoms. The molecule has 2 aliphatic heterocycles.